The van der Waals surface area contributed by atoms with E-state index >= 15 is 0 Å². The van der Waals surface area contributed by atoms with Crippen molar-refractivity contribution in [1.82, 2.24) is 4.98 Å². The van der Waals surface area contributed by atoms with E-state index in [1.54, 1.807) is 17.4 Å². The topological polar surface area (TPSA) is 48.1 Å². The third kappa shape index (κ3) is 3.20. The van der Waals surface area contributed by atoms with Crippen LogP contribution in [-0.4, -0.2) is 11.6 Å². The Balaban J connectivity index is 2.27. The van der Waals surface area contributed by atoms with E-state index < -0.39 is 0 Å². The number of thiazole rings is 1. The fourth-order valence-electron chi connectivity index (χ4n) is 1.71. The van der Waals surface area contributed by atoms with Gasteiger partial charge in [-0.05, 0) is 18.2 Å². The maximum absolute atomic E-state index is 6.01. The Morgan fingerprint density at radius 3 is 2.70 bits per heavy atom. The van der Waals surface area contributed by atoms with Crippen molar-refractivity contribution in [2.24, 2.45) is 0 Å². The smallest absolute Gasteiger partial charge is 0.142 e. The van der Waals surface area contributed by atoms with Crippen LogP contribution in [0.4, 0.5) is 5.69 Å². The molecule has 0 saturated carbocycles. The minimum atomic E-state index is 0.0628. The van der Waals surface area contributed by atoms with Gasteiger partial charge in [0, 0.05) is 16.4 Å². The van der Waals surface area contributed by atoms with E-state index in [0.29, 0.717) is 18.0 Å². The maximum Gasteiger partial charge on any atom is 0.142 e. The molecule has 0 saturated heterocycles. The minimum absolute atomic E-state index is 0.0628. The van der Waals surface area contributed by atoms with Crippen LogP contribution in [0.2, 0.25) is 0 Å². The molecule has 0 spiro atoms. The second kappa shape index (κ2) is 5.67. The second-order valence-corrected chi connectivity index (χ2v) is 6.50. The van der Waals surface area contributed by atoms with Gasteiger partial charge in [0.2, 0.25) is 0 Å². The molecule has 2 rings (SSSR count). The molecule has 0 atom stereocenters. The maximum atomic E-state index is 6.01. The molecule has 20 heavy (non-hydrogen) atoms. The molecule has 0 radical (unpaired) electrons. The molecule has 4 heteroatoms. The molecule has 0 unspecified atom stereocenters. The average Bonchev–Trinajstić information content (AvgIpc) is 2.86. The molecule has 1 aromatic carbocycles. The second-order valence-electron chi connectivity index (χ2n) is 5.64. The van der Waals surface area contributed by atoms with Crippen molar-refractivity contribution in [1.29, 1.82) is 0 Å². The van der Waals surface area contributed by atoms with Crippen molar-refractivity contribution in [2.75, 3.05) is 12.3 Å². The number of nitrogens with zero attached hydrogens (tertiary/aromatic N) is 1. The summed E-state index contributed by atoms with van der Waals surface area (Å²) >= 11 is 1.64. The number of aromatic nitrogens is 1. The summed E-state index contributed by atoms with van der Waals surface area (Å²) in [5.74, 6) is 0.682. The summed E-state index contributed by atoms with van der Waals surface area (Å²) < 4.78 is 5.48. The Morgan fingerprint density at radius 1 is 1.40 bits per heavy atom. The van der Waals surface area contributed by atoms with Crippen LogP contribution in [0.3, 0.4) is 0 Å². The highest BCUT2D eigenvalue weighted by molar-refractivity contribution is 7.13. The van der Waals surface area contributed by atoms with Gasteiger partial charge < -0.3 is 10.5 Å². The summed E-state index contributed by atoms with van der Waals surface area (Å²) in [6.07, 6.45) is 1.70. The van der Waals surface area contributed by atoms with E-state index in [9.17, 15) is 0 Å². The number of benzene rings is 1. The Bertz CT molecular complexity index is 611. The van der Waals surface area contributed by atoms with E-state index in [1.807, 2.05) is 18.2 Å². The molecule has 0 amide bonds. The molecule has 0 bridgehead atoms. The molecule has 2 N–H and O–H groups in total. The van der Waals surface area contributed by atoms with Crippen LogP contribution in [-0.2, 0) is 5.41 Å². The van der Waals surface area contributed by atoms with Gasteiger partial charge in [0.25, 0.3) is 0 Å². The SMILES string of the molecule is C=CCOc1ccc(-c2nc(C(C)(C)C)cs2)cc1N. The standard InChI is InChI=1S/C16H20N2OS/c1-5-8-19-13-7-6-11(9-12(13)17)15-18-14(10-20-15)16(2,3)4/h5-7,9-10H,1,8,17H2,2-4H3. The summed E-state index contributed by atoms with van der Waals surface area (Å²) in [5, 5.41) is 3.09. The highest BCUT2D eigenvalue weighted by atomic mass is 32.1. The molecule has 0 aliphatic carbocycles. The van der Waals surface area contributed by atoms with Gasteiger partial charge in [0.1, 0.15) is 17.4 Å². The minimum Gasteiger partial charge on any atom is -0.487 e. The fraction of sp³-hybridized carbons (Fsp3) is 0.312. The van der Waals surface area contributed by atoms with Gasteiger partial charge >= 0.3 is 0 Å². The summed E-state index contributed by atoms with van der Waals surface area (Å²) in [5.41, 5.74) is 8.82. The summed E-state index contributed by atoms with van der Waals surface area (Å²) in [4.78, 5) is 4.69. The predicted octanol–water partition coefficient (Wildman–Crippen LogP) is 4.25. The van der Waals surface area contributed by atoms with E-state index in [0.717, 1.165) is 16.3 Å². The number of anilines is 1. The van der Waals surface area contributed by atoms with E-state index in [2.05, 4.69) is 32.7 Å². The fourth-order valence-corrected chi connectivity index (χ4v) is 2.76. The molecular weight excluding hydrogens is 268 g/mol. The predicted molar refractivity (Wildman–Crippen MR) is 86.4 cm³/mol. The molecule has 0 aliphatic rings. The van der Waals surface area contributed by atoms with Gasteiger partial charge in [-0.3, -0.25) is 0 Å². The zero-order valence-electron chi connectivity index (χ0n) is 12.1. The van der Waals surface area contributed by atoms with Crippen LogP contribution >= 0.6 is 11.3 Å². The van der Waals surface area contributed by atoms with Gasteiger partial charge in [-0.1, -0.05) is 33.4 Å². The van der Waals surface area contributed by atoms with Gasteiger partial charge in [0.05, 0.1) is 11.4 Å². The number of nitrogen functional groups attached to an aromatic ring is 1. The summed E-state index contributed by atoms with van der Waals surface area (Å²) in [6, 6.07) is 5.77. The highest BCUT2D eigenvalue weighted by Gasteiger charge is 2.18. The van der Waals surface area contributed by atoms with E-state index in [1.165, 1.54) is 0 Å². The lowest BCUT2D eigenvalue weighted by atomic mass is 9.93. The Labute approximate surface area is 124 Å². The van der Waals surface area contributed by atoms with Gasteiger partial charge in [0.15, 0.2) is 0 Å². The molecule has 0 fully saturated rings. The lowest BCUT2D eigenvalue weighted by Gasteiger charge is -2.14. The molecule has 1 heterocycles. The molecule has 1 aromatic heterocycles. The van der Waals surface area contributed by atoms with Gasteiger partial charge in [-0.25, -0.2) is 4.98 Å². The third-order valence-corrected chi connectivity index (χ3v) is 3.78. The number of nitrogens with two attached hydrogens (primary N) is 1. The summed E-state index contributed by atoms with van der Waals surface area (Å²) in [6.45, 7) is 10.6. The van der Waals surface area contributed by atoms with Crippen LogP contribution in [0.15, 0.2) is 36.2 Å². The van der Waals surface area contributed by atoms with E-state index in [-0.39, 0.29) is 5.41 Å². The monoisotopic (exact) mass is 288 g/mol. The van der Waals surface area contributed by atoms with Gasteiger partial charge in [-0.2, -0.15) is 0 Å². The third-order valence-electron chi connectivity index (χ3n) is 2.89. The van der Waals surface area contributed by atoms with Crippen molar-refractivity contribution in [3.8, 4) is 16.3 Å². The van der Waals surface area contributed by atoms with Crippen molar-refractivity contribution in [2.45, 2.75) is 26.2 Å². The first-order chi connectivity index (χ1) is 9.41. The first-order valence-corrected chi connectivity index (χ1v) is 7.39. The first-order valence-electron chi connectivity index (χ1n) is 6.51. The van der Waals surface area contributed by atoms with Crippen LogP contribution in [0.5, 0.6) is 5.75 Å². The number of hydrogen-bond acceptors (Lipinski definition) is 4. The normalized spacial score (nSPS) is 11.3. The van der Waals surface area contributed by atoms with Gasteiger partial charge in [-0.15, -0.1) is 11.3 Å². The quantitative estimate of drug-likeness (QED) is 0.675. The number of ether oxygens (including phenoxy) is 1. The molecule has 3 nitrogen and oxygen atoms in total. The number of rotatable bonds is 4. The Morgan fingerprint density at radius 2 is 2.15 bits per heavy atom. The molecule has 2 aromatic rings. The zero-order valence-corrected chi connectivity index (χ0v) is 13.0. The van der Waals surface area contributed by atoms with Crippen LogP contribution in [0.25, 0.3) is 10.6 Å². The first kappa shape index (κ1) is 14.6. The van der Waals surface area contributed by atoms with Crippen LogP contribution in [0, 0.1) is 0 Å². The Kier molecular flexibility index (Phi) is 4.14. The van der Waals surface area contributed by atoms with E-state index in [4.69, 9.17) is 15.5 Å². The zero-order chi connectivity index (χ0) is 14.8. The lowest BCUT2D eigenvalue weighted by Crippen LogP contribution is -2.11. The molecule has 0 aliphatic heterocycles. The molecular formula is C16H20N2OS. The van der Waals surface area contributed by atoms with Crippen LogP contribution < -0.4 is 10.5 Å². The Hall–Kier alpha value is -1.81. The average molecular weight is 288 g/mol. The number of hydrogen-bond donors (Lipinski definition) is 1. The highest BCUT2D eigenvalue weighted by Crippen LogP contribution is 2.33. The van der Waals surface area contributed by atoms with Crippen molar-refractivity contribution >= 4 is 17.0 Å². The molecule has 106 valence electrons. The van der Waals surface area contributed by atoms with Crippen molar-refractivity contribution in [3.05, 3.63) is 41.9 Å². The largest absolute Gasteiger partial charge is 0.487 e. The van der Waals surface area contributed by atoms with Crippen molar-refractivity contribution < 1.29 is 4.74 Å². The van der Waals surface area contributed by atoms with Crippen LogP contribution in [0.1, 0.15) is 26.5 Å². The lowest BCUT2D eigenvalue weighted by molar-refractivity contribution is 0.365. The summed E-state index contributed by atoms with van der Waals surface area (Å²) in [7, 11) is 0. The van der Waals surface area contributed by atoms with Crippen molar-refractivity contribution in [3.63, 3.8) is 0 Å².